The van der Waals surface area contributed by atoms with Gasteiger partial charge in [0.25, 0.3) is 5.91 Å². The van der Waals surface area contributed by atoms with Crippen LogP contribution in [0.5, 0.6) is 5.75 Å². The van der Waals surface area contributed by atoms with Gasteiger partial charge in [-0.1, -0.05) is 49.2 Å². The van der Waals surface area contributed by atoms with Crippen molar-refractivity contribution in [3.8, 4) is 5.75 Å². The van der Waals surface area contributed by atoms with E-state index in [1.807, 2.05) is 52.8 Å². The second-order valence-electron chi connectivity index (χ2n) is 8.00. The van der Waals surface area contributed by atoms with Gasteiger partial charge < -0.3 is 15.0 Å². The molecule has 5 nitrogen and oxygen atoms in total. The van der Waals surface area contributed by atoms with E-state index in [4.69, 9.17) is 27.9 Å². The molecule has 0 unspecified atom stereocenters. The first-order chi connectivity index (χ1) is 15.2. The van der Waals surface area contributed by atoms with E-state index in [0.29, 0.717) is 27.8 Å². The van der Waals surface area contributed by atoms with E-state index in [2.05, 4.69) is 5.32 Å². The van der Waals surface area contributed by atoms with Gasteiger partial charge in [0, 0.05) is 28.2 Å². The molecular weight excluding hydrogens is 447 g/mol. The number of hydrogen-bond acceptors (Lipinski definition) is 3. The maximum Gasteiger partial charge on any atom is 0.261 e. The van der Waals surface area contributed by atoms with Crippen LogP contribution in [-0.4, -0.2) is 35.4 Å². The molecule has 0 saturated carbocycles. The van der Waals surface area contributed by atoms with Crippen LogP contribution < -0.4 is 10.1 Å². The fraction of sp³-hybridized carbons (Fsp3) is 0.440. The minimum atomic E-state index is -0.674. The summed E-state index contributed by atoms with van der Waals surface area (Å²) in [7, 11) is 0. The van der Waals surface area contributed by atoms with Crippen LogP contribution in [0, 0.1) is 13.8 Å². The number of amides is 2. The Hall–Kier alpha value is -2.24. The summed E-state index contributed by atoms with van der Waals surface area (Å²) in [5.74, 6) is 0.0872. The molecule has 2 aromatic rings. The van der Waals surface area contributed by atoms with Crippen molar-refractivity contribution >= 4 is 35.0 Å². The maximum absolute atomic E-state index is 13.3. The molecule has 0 heterocycles. The Morgan fingerprint density at radius 3 is 2.25 bits per heavy atom. The second kappa shape index (κ2) is 12.1. The van der Waals surface area contributed by atoms with Crippen molar-refractivity contribution in [3.05, 3.63) is 63.1 Å². The number of carbonyl (C=O) groups excluding carboxylic acids is 2. The zero-order valence-electron chi connectivity index (χ0n) is 19.4. The number of ether oxygens (including phenoxy) is 1. The van der Waals surface area contributed by atoms with Gasteiger partial charge in [-0.25, -0.2) is 0 Å². The van der Waals surface area contributed by atoms with Crippen LogP contribution in [0.15, 0.2) is 36.4 Å². The number of nitrogens with one attached hydrogen (secondary N) is 1. The minimum absolute atomic E-state index is 0.00388. The van der Waals surface area contributed by atoms with Gasteiger partial charge in [0.2, 0.25) is 5.91 Å². The molecule has 2 atom stereocenters. The number of halogens is 2. The number of aryl methyl sites for hydroxylation is 2. The van der Waals surface area contributed by atoms with Crippen molar-refractivity contribution in [2.24, 2.45) is 0 Å². The normalized spacial score (nSPS) is 12.7. The molecule has 7 heteroatoms. The van der Waals surface area contributed by atoms with Gasteiger partial charge in [-0.05, 0) is 69.0 Å². The third-order valence-corrected chi connectivity index (χ3v) is 6.33. The van der Waals surface area contributed by atoms with Crippen molar-refractivity contribution in [1.29, 1.82) is 0 Å². The molecule has 2 amide bonds. The third-order valence-electron chi connectivity index (χ3n) is 5.62. The molecule has 0 spiro atoms. The molecule has 2 rings (SSSR count). The number of benzene rings is 2. The molecule has 32 heavy (non-hydrogen) atoms. The summed E-state index contributed by atoms with van der Waals surface area (Å²) in [4.78, 5) is 27.8. The van der Waals surface area contributed by atoms with Crippen LogP contribution in [0.25, 0.3) is 0 Å². The zero-order chi connectivity index (χ0) is 23.8. The lowest BCUT2D eigenvalue weighted by atomic mass is 10.1. The summed E-state index contributed by atoms with van der Waals surface area (Å²) in [6.07, 6.45) is 1.24. The zero-order valence-corrected chi connectivity index (χ0v) is 20.9. The standard InChI is InChI=1S/C25H32Cl2N2O3/c1-6-18(5)28-25(31)23(7-2)29(14-20-21(26)9-8-10-22(20)27)24(30)15-32-19-12-11-16(3)17(4)13-19/h8-13,18,23H,6-7,14-15H2,1-5H3,(H,28,31)/t18-,23+/m0/s1. The Labute approximate surface area is 201 Å². The first-order valence-corrected chi connectivity index (χ1v) is 11.7. The number of hydrogen-bond donors (Lipinski definition) is 1. The number of nitrogens with zero attached hydrogens (tertiary/aromatic N) is 1. The van der Waals surface area contributed by atoms with E-state index in [1.165, 1.54) is 4.90 Å². The fourth-order valence-corrected chi connectivity index (χ4v) is 3.76. The molecule has 0 aliphatic heterocycles. The Bertz CT molecular complexity index is 929. The lowest BCUT2D eigenvalue weighted by molar-refractivity contribution is -0.143. The Morgan fingerprint density at radius 1 is 1.03 bits per heavy atom. The highest BCUT2D eigenvalue weighted by molar-refractivity contribution is 6.36. The van der Waals surface area contributed by atoms with Crippen LogP contribution >= 0.6 is 23.2 Å². The molecule has 0 aromatic heterocycles. The molecule has 0 aliphatic rings. The van der Waals surface area contributed by atoms with Crippen LogP contribution in [0.2, 0.25) is 10.0 Å². The third kappa shape index (κ3) is 6.88. The van der Waals surface area contributed by atoms with Crippen molar-refractivity contribution in [1.82, 2.24) is 10.2 Å². The van der Waals surface area contributed by atoms with Gasteiger partial charge in [-0.15, -0.1) is 0 Å². The molecule has 0 radical (unpaired) electrons. The molecule has 0 saturated heterocycles. The second-order valence-corrected chi connectivity index (χ2v) is 8.81. The van der Waals surface area contributed by atoms with E-state index in [1.54, 1.807) is 18.2 Å². The lowest BCUT2D eigenvalue weighted by Gasteiger charge is -2.32. The first-order valence-electron chi connectivity index (χ1n) is 10.9. The average molecular weight is 479 g/mol. The minimum Gasteiger partial charge on any atom is -0.484 e. The van der Waals surface area contributed by atoms with Crippen molar-refractivity contribution in [2.75, 3.05) is 6.61 Å². The van der Waals surface area contributed by atoms with Crippen LogP contribution in [0.3, 0.4) is 0 Å². The summed E-state index contributed by atoms with van der Waals surface area (Å²) in [6.45, 7) is 9.72. The van der Waals surface area contributed by atoms with Crippen LogP contribution in [0.1, 0.15) is 50.3 Å². The van der Waals surface area contributed by atoms with E-state index in [-0.39, 0.29) is 31.0 Å². The topological polar surface area (TPSA) is 58.6 Å². The van der Waals surface area contributed by atoms with Crippen LogP contribution in [0.4, 0.5) is 0 Å². The van der Waals surface area contributed by atoms with E-state index in [9.17, 15) is 9.59 Å². The first kappa shape index (κ1) is 26.0. The SMILES string of the molecule is CC[C@H](C(=O)N[C@@H](C)CC)N(Cc1c(Cl)cccc1Cl)C(=O)COc1ccc(C)c(C)c1. The Kier molecular flexibility index (Phi) is 9.85. The molecule has 2 aromatic carbocycles. The average Bonchev–Trinajstić information content (AvgIpc) is 2.76. The quantitative estimate of drug-likeness (QED) is 0.475. The van der Waals surface area contributed by atoms with Gasteiger partial charge in [0.1, 0.15) is 11.8 Å². The van der Waals surface area contributed by atoms with Crippen molar-refractivity contribution < 1.29 is 14.3 Å². The summed E-state index contributed by atoms with van der Waals surface area (Å²) in [6, 6.07) is 10.2. The highest BCUT2D eigenvalue weighted by Gasteiger charge is 2.30. The molecule has 0 fully saturated rings. The molecule has 0 aliphatic carbocycles. The van der Waals surface area contributed by atoms with Gasteiger partial charge in [-0.2, -0.15) is 0 Å². The molecule has 1 N–H and O–H groups in total. The van der Waals surface area contributed by atoms with Gasteiger partial charge >= 0.3 is 0 Å². The summed E-state index contributed by atoms with van der Waals surface area (Å²) in [5, 5.41) is 3.87. The molecular formula is C25H32Cl2N2O3. The molecule has 0 bridgehead atoms. The predicted molar refractivity (Wildman–Crippen MR) is 130 cm³/mol. The monoisotopic (exact) mass is 478 g/mol. The predicted octanol–water partition coefficient (Wildman–Crippen LogP) is 5.71. The Morgan fingerprint density at radius 2 is 1.69 bits per heavy atom. The number of rotatable bonds is 10. The lowest BCUT2D eigenvalue weighted by Crippen LogP contribution is -2.51. The van der Waals surface area contributed by atoms with Gasteiger partial charge in [0.05, 0.1) is 0 Å². The summed E-state index contributed by atoms with van der Waals surface area (Å²) in [5.41, 5.74) is 2.82. The van der Waals surface area contributed by atoms with Gasteiger partial charge in [-0.3, -0.25) is 9.59 Å². The highest BCUT2D eigenvalue weighted by Crippen LogP contribution is 2.27. The highest BCUT2D eigenvalue weighted by atomic mass is 35.5. The van der Waals surface area contributed by atoms with Crippen molar-refractivity contribution in [2.45, 2.75) is 66.1 Å². The van der Waals surface area contributed by atoms with Crippen molar-refractivity contribution in [3.63, 3.8) is 0 Å². The van der Waals surface area contributed by atoms with E-state index in [0.717, 1.165) is 17.5 Å². The summed E-state index contributed by atoms with van der Waals surface area (Å²) >= 11 is 12.7. The van der Waals surface area contributed by atoms with Crippen LogP contribution in [-0.2, 0) is 16.1 Å². The Balaban J connectivity index is 2.29. The fourth-order valence-electron chi connectivity index (χ4n) is 3.25. The largest absolute Gasteiger partial charge is 0.484 e. The van der Waals surface area contributed by atoms with Gasteiger partial charge in [0.15, 0.2) is 6.61 Å². The van der Waals surface area contributed by atoms with E-state index >= 15 is 0 Å². The molecule has 174 valence electrons. The van der Waals surface area contributed by atoms with E-state index < -0.39 is 6.04 Å². The summed E-state index contributed by atoms with van der Waals surface area (Å²) < 4.78 is 5.77. The number of carbonyl (C=O) groups is 2. The maximum atomic E-state index is 13.3. The smallest absolute Gasteiger partial charge is 0.261 e.